The molecule has 1 unspecified atom stereocenters. The zero-order valence-corrected chi connectivity index (χ0v) is 10.6. The maximum atomic E-state index is 11.4. The molecular weight excluding hydrogens is 216 g/mol. The summed E-state index contributed by atoms with van der Waals surface area (Å²) < 4.78 is 4.76. The Morgan fingerprint density at radius 1 is 1.47 bits per heavy atom. The fourth-order valence-electron chi connectivity index (χ4n) is 2.07. The summed E-state index contributed by atoms with van der Waals surface area (Å²) in [6, 6.07) is 0. The number of carbonyl (C=O) groups excluding carboxylic acids is 2. The zero-order valence-electron chi connectivity index (χ0n) is 10.6. The first-order valence-corrected chi connectivity index (χ1v) is 6.10. The zero-order chi connectivity index (χ0) is 12.7. The van der Waals surface area contributed by atoms with E-state index in [0.29, 0.717) is 25.2 Å². The van der Waals surface area contributed by atoms with Gasteiger partial charge in [0.2, 0.25) is 0 Å². The highest BCUT2D eigenvalue weighted by molar-refractivity contribution is 5.82. The van der Waals surface area contributed by atoms with Gasteiger partial charge >= 0.3 is 5.97 Å². The molecule has 1 atom stereocenters. The predicted octanol–water partition coefficient (Wildman–Crippen LogP) is 2.81. The number of rotatable bonds is 4. The van der Waals surface area contributed by atoms with Crippen LogP contribution in [0, 0.1) is 5.41 Å². The molecule has 3 heteroatoms. The van der Waals surface area contributed by atoms with E-state index in [-0.39, 0.29) is 11.4 Å². The molecule has 0 saturated heterocycles. The Kier molecular flexibility index (Phi) is 5.13. The third-order valence-corrected chi connectivity index (χ3v) is 2.93. The maximum Gasteiger partial charge on any atom is 0.330 e. The predicted molar refractivity (Wildman–Crippen MR) is 66.5 cm³/mol. The van der Waals surface area contributed by atoms with Gasteiger partial charge in [-0.3, -0.25) is 4.79 Å². The lowest BCUT2D eigenvalue weighted by molar-refractivity contribution is -0.137. The van der Waals surface area contributed by atoms with E-state index in [2.05, 4.69) is 6.92 Å². The molecule has 1 rings (SSSR count). The van der Waals surface area contributed by atoms with E-state index in [1.165, 1.54) is 6.08 Å². The Bertz CT molecular complexity index is 341. The number of hydrogen-bond acceptors (Lipinski definition) is 3. The van der Waals surface area contributed by atoms with E-state index in [4.69, 9.17) is 4.74 Å². The van der Waals surface area contributed by atoms with Gasteiger partial charge in [0.15, 0.2) is 0 Å². The summed E-state index contributed by atoms with van der Waals surface area (Å²) in [7, 11) is 0. The Morgan fingerprint density at radius 3 is 2.88 bits per heavy atom. The van der Waals surface area contributed by atoms with Crippen molar-refractivity contribution < 1.29 is 14.3 Å². The van der Waals surface area contributed by atoms with Gasteiger partial charge in [-0.05, 0) is 25.2 Å². The standard InChI is InChI=1S/C14H20O3/c1-3-17-13(16)8-4-5-9-14(2)10-6-7-12(15)11-14/h4-5,8-9H,3,6-7,10-11H2,1-2H3/b8-4+,9-5+. The topological polar surface area (TPSA) is 43.4 Å². The molecule has 3 nitrogen and oxygen atoms in total. The van der Waals surface area contributed by atoms with Crippen LogP contribution in [0.2, 0.25) is 0 Å². The van der Waals surface area contributed by atoms with Crippen molar-refractivity contribution in [2.24, 2.45) is 5.41 Å². The highest BCUT2D eigenvalue weighted by Gasteiger charge is 2.28. The Hall–Kier alpha value is -1.38. The average Bonchev–Trinajstić information content (AvgIpc) is 2.24. The van der Waals surface area contributed by atoms with Crippen molar-refractivity contribution in [3.8, 4) is 0 Å². The SMILES string of the molecule is CCOC(=O)/C=C/C=C/C1(C)CCCC(=O)C1. The van der Waals surface area contributed by atoms with E-state index in [9.17, 15) is 9.59 Å². The molecule has 94 valence electrons. The van der Waals surface area contributed by atoms with Gasteiger partial charge < -0.3 is 4.74 Å². The monoisotopic (exact) mass is 236 g/mol. The average molecular weight is 236 g/mol. The van der Waals surface area contributed by atoms with Crippen molar-refractivity contribution in [1.29, 1.82) is 0 Å². The molecule has 0 aliphatic heterocycles. The van der Waals surface area contributed by atoms with Crippen LogP contribution in [0.3, 0.4) is 0 Å². The molecule has 1 aliphatic rings. The first-order valence-electron chi connectivity index (χ1n) is 6.10. The highest BCUT2D eigenvalue weighted by Crippen LogP contribution is 2.35. The van der Waals surface area contributed by atoms with Crippen molar-refractivity contribution in [3.05, 3.63) is 24.3 Å². The van der Waals surface area contributed by atoms with E-state index in [0.717, 1.165) is 12.8 Å². The third-order valence-electron chi connectivity index (χ3n) is 2.93. The van der Waals surface area contributed by atoms with Gasteiger partial charge in [0, 0.05) is 18.9 Å². The Balaban J connectivity index is 2.47. The van der Waals surface area contributed by atoms with E-state index < -0.39 is 0 Å². The van der Waals surface area contributed by atoms with E-state index in [1.807, 2.05) is 12.2 Å². The summed E-state index contributed by atoms with van der Waals surface area (Å²) in [6.07, 6.45) is 10.2. The molecule has 0 aromatic heterocycles. The first kappa shape index (κ1) is 13.7. The van der Waals surface area contributed by atoms with E-state index in [1.54, 1.807) is 13.0 Å². The lowest BCUT2D eigenvalue weighted by atomic mass is 9.75. The number of esters is 1. The summed E-state index contributed by atoms with van der Waals surface area (Å²) >= 11 is 0. The van der Waals surface area contributed by atoms with Crippen LogP contribution >= 0.6 is 0 Å². The second kappa shape index (κ2) is 6.38. The molecule has 1 saturated carbocycles. The van der Waals surface area contributed by atoms with Crippen LogP contribution in [-0.2, 0) is 14.3 Å². The van der Waals surface area contributed by atoms with Gasteiger partial charge in [-0.2, -0.15) is 0 Å². The first-order chi connectivity index (χ1) is 8.06. The van der Waals surface area contributed by atoms with Gasteiger partial charge in [0.25, 0.3) is 0 Å². The van der Waals surface area contributed by atoms with Crippen molar-refractivity contribution in [3.63, 3.8) is 0 Å². The molecule has 0 aromatic rings. The summed E-state index contributed by atoms with van der Waals surface area (Å²) in [6.45, 7) is 4.24. The van der Waals surface area contributed by atoms with Crippen LogP contribution in [0.25, 0.3) is 0 Å². The fraction of sp³-hybridized carbons (Fsp3) is 0.571. The minimum Gasteiger partial charge on any atom is -0.463 e. The summed E-state index contributed by atoms with van der Waals surface area (Å²) in [5.74, 6) is -0.000189. The van der Waals surface area contributed by atoms with Crippen molar-refractivity contribution >= 4 is 11.8 Å². The van der Waals surface area contributed by atoms with Crippen LogP contribution in [0.1, 0.15) is 39.5 Å². The van der Waals surface area contributed by atoms with Crippen molar-refractivity contribution in [2.75, 3.05) is 6.61 Å². The minimum absolute atomic E-state index is 0.0473. The molecule has 0 radical (unpaired) electrons. The van der Waals surface area contributed by atoms with Crippen LogP contribution < -0.4 is 0 Å². The van der Waals surface area contributed by atoms with Crippen molar-refractivity contribution in [2.45, 2.75) is 39.5 Å². The Labute approximate surface area is 103 Å². The molecule has 0 bridgehead atoms. The molecule has 0 spiro atoms. The van der Waals surface area contributed by atoms with Crippen LogP contribution in [0.5, 0.6) is 0 Å². The van der Waals surface area contributed by atoms with Gasteiger partial charge in [0.1, 0.15) is 5.78 Å². The second-order valence-electron chi connectivity index (χ2n) is 4.69. The van der Waals surface area contributed by atoms with Gasteiger partial charge in [-0.15, -0.1) is 0 Å². The number of ether oxygens (including phenoxy) is 1. The van der Waals surface area contributed by atoms with Gasteiger partial charge in [-0.1, -0.05) is 25.2 Å². The normalized spacial score (nSPS) is 25.6. The van der Waals surface area contributed by atoms with Crippen LogP contribution in [0.15, 0.2) is 24.3 Å². The molecule has 1 fully saturated rings. The lowest BCUT2D eigenvalue weighted by Gasteiger charge is -2.29. The number of ketones is 1. The highest BCUT2D eigenvalue weighted by atomic mass is 16.5. The van der Waals surface area contributed by atoms with Gasteiger partial charge in [0.05, 0.1) is 6.61 Å². The largest absolute Gasteiger partial charge is 0.463 e. The van der Waals surface area contributed by atoms with Crippen LogP contribution in [0.4, 0.5) is 0 Å². The maximum absolute atomic E-state index is 11.4. The smallest absolute Gasteiger partial charge is 0.330 e. The van der Waals surface area contributed by atoms with Crippen LogP contribution in [-0.4, -0.2) is 18.4 Å². The molecule has 0 amide bonds. The van der Waals surface area contributed by atoms with Gasteiger partial charge in [-0.25, -0.2) is 4.79 Å². The molecule has 0 aromatic carbocycles. The number of hydrogen-bond donors (Lipinski definition) is 0. The molecule has 1 aliphatic carbocycles. The molecule has 0 N–H and O–H groups in total. The lowest BCUT2D eigenvalue weighted by Crippen LogP contribution is -2.23. The van der Waals surface area contributed by atoms with Crippen molar-refractivity contribution in [1.82, 2.24) is 0 Å². The van der Waals surface area contributed by atoms with E-state index >= 15 is 0 Å². The third kappa shape index (κ3) is 4.98. The number of Topliss-reactive ketones (excluding diaryl/α,β-unsaturated/α-hetero) is 1. The number of carbonyl (C=O) groups is 2. The summed E-state index contributed by atoms with van der Waals surface area (Å²) in [5.41, 5.74) is -0.0473. The molecule has 0 heterocycles. The minimum atomic E-state index is -0.331. The second-order valence-corrected chi connectivity index (χ2v) is 4.69. The number of allylic oxidation sites excluding steroid dienone is 3. The summed E-state index contributed by atoms with van der Waals surface area (Å²) in [5, 5.41) is 0. The fourth-order valence-corrected chi connectivity index (χ4v) is 2.07. The molecule has 17 heavy (non-hydrogen) atoms. The summed E-state index contributed by atoms with van der Waals surface area (Å²) in [4.78, 5) is 22.4. The molecular formula is C14H20O3. The Morgan fingerprint density at radius 2 is 2.24 bits per heavy atom. The quantitative estimate of drug-likeness (QED) is 0.428.